The second-order valence-corrected chi connectivity index (χ2v) is 10.0. The minimum absolute atomic E-state index is 0.0970. The van der Waals surface area contributed by atoms with Crippen molar-refractivity contribution < 1.29 is 8.42 Å². The molecule has 0 N–H and O–H groups in total. The zero-order chi connectivity index (χ0) is 16.9. The largest absolute Gasteiger partial charge is 0.314 e. The van der Waals surface area contributed by atoms with Crippen molar-refractivity contribution in [2.24, 2.45) is 5.92 Å². The summed E-state index contributed by atoms with van der Waals surface area (Å²) < 4.78 is 26.6. The van der Waals surface area contributed by atoms with E-state index in [0.29, 0.717) is 18.3 Å². The summed E-state index contributed by atoms with van der Waals surface area (Å²) in [4.78, 5) is 4.76. The Morgan fingerprint density at radius 2 is 1.83 bits per heavy atom. The lowest BCUT2D eigenvalue weighted by Crippen LogP contribution is -2.59. The molecule has 1 aromatic rings. The molecule has 2 aliphatic heterocycles. The summed E-state index contributed by atoms with van der Waals surface area (Å²) in [5.41, 5.74) is 0. The van der Waals surface area contributed by atoms with Crippen molar-refractivity contribution in [3.05, 3.63) is 12.2 Å². The van der Waals surface area contributed by atoms with E-state index in [1.807, 2.05) is 0 Å². The summed E-state index contributed by atoms with van der Waals surface area (Å²) >= 11 is 0. The molecule has 3 heterocycles. The fourth-order valence-electron chi connectivity index (χ4n) is 4.14. The van der Waals surface area contributed by atoms with E-state index in [1.54, 1.807) is 6.33 Å². The highest BCUT2D eigenvalue weighted by molar-refractivity contribution is 7.91. The van der Waals surface area contributed by atoms with E-state index in [9.17, 15) is 8.42 Å². The molecule has 24 heavy (non-hydrogen) atoms. The highest BCUT2D eigenvalue weighted by Gasteiger charge is 2.47. The first-order chi connectivity index (χ1) is 11.4. The summed E-state index contributed by atoms with van der Waals surface area (Å²) in [5, 5.41) is 8.31. The van der Waals surface area contributed by atoms with Gasteiger partial charge in [-0.05, 0) is 32.6 Å². The lowest BCUT2D eigenvalue weighted by atomic mass is 10.0. The Hall–Kier alpha value is -0.990. The first kappa shape index (κ1) is 16.5. The van der Waals surface area contributed by atoms with Gasteiger partial charge < -0.3 is 4.57 Å². The minimum Gasteiger partial charge on any atom is -0.314 e. The van der Waals surface area contributed by atoms with Crippen molar-refractivity contribution in [1.29, 1.82) is 0 Å². The molecule has 2 unspecified atom stereocenters. The van der Waals surface area contributed by atoms with Gasteiger partial charge >= 0.3 is 0 Å². The highest BCUT2D eigenvalue weighted by Crippen LogP contribution is 2.34. The molecule has 8 heteroatoms. The van der Waals surface area contributed by atoms with Gasteiger partial charge in [-0.2, -0.15) is 0 Å². The van der Waals surface area contributed by atoms with Crippen LogP contribution in [0.4, 0.5) is 0 Å². The molecule has 2 atom stereocenters. The maximum absolute atomic E-state index is 12.3. The van der Waals surface area contributed by atoms with Gasteiger partial charge in [0.25, 0.3) is 0 Å². The number of fused-ring (bicyclic) bond motifs is 1. The molecule has 2 saturated heterocycles. The van der Waals surface area contributed by atoms with Crippen molar-refractivity contribution in [2.45, 2.75) is 51.4 Å². The van der Waals surface area contributed by atoms with Crippen LogP contribution in [0.25, 0.3) is 0 Å². The maximum Gasteiger partial charge on any atom is 0.153 e. The van der Waals surface area contributed by atoms with Gasteiger partial charge in [-0.15, -0.1) is 10.2 Å². The molecule has 7 nitrogen and oxygen atoms in total. The van der Waals surface area contributed by atoms with Crippen LogP contribution in [0.15, 0.2) is 6.33 Å². The molecule has 3 fully saturated rings. The van der Waals surface area contributed by atoms with Crippen LogP contribution in [0.1, 0.15) is 38.6 Å². The van der Waals surface area contributed by atoms with Crippen molar-refractivity contribution >= 4 is 9.84 Å². The number of nitrogens with zero attached hydrogens (tertiary/aromatic N) is 5. The van der Waals surface area contributed by atoms with Crippen LogP contribution in [-0.2, 0) is 16.4 Å². The SMILES string of the molecule is CC(C)n1cnnc1CN1CCN(CC2CC2)C2CS(=O)(=O)CC21. The number of rotatable bonds is 5. The van der Waals surface area contributed by atoms with E-state index in [-0.39, 0.29) is 17.8 Å². The van der Waals surface area contributed by atoms with Crippen LogP contribution >= 0.6 is 0 Å². The number of piperazine rings is 1. The Balaban J connectivity index is 1.53. The molecule has 4 rings (SSSR count). The van der Waals surface area contributed by atoms with Crippen molar-refractivity contribution in [2.75, 3.05) is 31.1 Å². The number of sulfone groups is 1. The second-order valence-electron chi connectivity index (χ2n) is 7.87. The van der Waals surface area contributed by atoms with Gasteiger partial charge in [0.2, 0.25) is 0 Å². The molecule has 1 saturated carbocycles. The fraction of sp³-hybridized carbons (Fsp3) is 0.875. The first-order valence-electron chi connectivity index (χ1n) is 9.00. The lowest BCUT2D eigenvalue weighted by Gasteiger charge is -2.43. The van der Waals surface area contributed by atoms with Crippen LogP contribution in [0.2, 0.25) is 0 Å². The molecular formula is C16H27N5O2S. The summed E-state index contributed by atoms with van der Waals surface area (Å²) in [6.45, 7) is 7.86. The second kappa shape index (κ2) is 6.07. The summed E-state index contributed by atoms with van der Waals surface area (Å²) in [6.07, 6.45) is 4.38. The van der Waals surface area contributed by atoms with Gasteiger partial charge in [0.15, 0.2) is 9.84 Å². The molecule has 0 aromatic carbocycles. The van der Waals surface area contributed by atoms with Gasteiger partial charge in [0, 0.05) is 37.8 Å². The summed E-state index contributed by atoms with van der Waals surface area (Å²) in [5.74, 6) is 2.33. The Bertz CT molecular complexity index is 697. The highest BCUT2D eigenvalue weighted by atomic mass is 32.2. The Labute approximate surface area is 143 Å². The Morgan fingerprint density at radius 3 is 2.50 bits per heavy atom. The molecule has 1 aliphatic carbocycles. The van der Waals surface area contributed by atoms with Gasteiger partial charge in [-0.1, -0.05) is 0 Å². The van der Waals surface area contributed by atoms with Crippen LogP contribution in [0.3, 0.4) is 0 Å². The molecule has 3 aliphatic rings. The predicted octanol–water partition coefficient (Wildman–Crippen LogP) is 0.552. The third-order valence-corrected chi connectivity index (χ3v) is 7.34. The van der Waals surface area contributed by atoms with Gasteiger partial charge in [0.05, 0.1) is 18.1 Å². The monoisotopic (exact) mass is 353 g/mol. The van der Waals surface area contributed by atoms with E-state index in [0.717, 1.165) is 31.4 Å². The molecule has 0 radical (unpaired) electrons. The summed E-state index contributed by atoms with van der Waals surface area (Å²) in [7, 11) is -2.94. The van der Waals surface area contributed by atoms with E-state index in [4.69, 9.17) is 0 Å². The van der Waals surface area contributed by atoms with E-state index in [2.05, 4.69) is 38.4 Å². The first-order valence-corrected chi connectivity index (χ1v) is 10.8. The quantitative estimate of drug-likeness (QED) is 0.770. The van der Waals surface area contributed by atoms with E-state index in [1.165, 1.54) is 12.8 Å². The molecule has 1 aromatic heterocycles. The van der Waals surface area contributed by atoms with Crippen molar-refractivity contribution in [1.82, 2.24) is 24.6 Å². The summed E-state index contributed by atoms with van der Waals surface area (Å²) in [6, 6.07) is 0.564. The Kier molecular flexibility index (Phi) is 4.17. The van der Waals surface area contributed by atoms with Crippen LogP contribution in [0.5, 0.6) is 0 Å². The van der Waals surface area contributed by atoms with Crippen molar-refractivity contribution in [3.63, 3.8) is 0 Å². The molecular weight excluding hydrogens is 326 g/mol. The van der Waals surface area contributed by atoms with Gasteiger partial charge in [-0.25, -0.2) is 8.42 Å². The maximum atomic E-state index is 12.3. The zero-order valence-corrected chi connectivity index (χ0v) is 15.3. The fourth-order valence-corrected chi connectivity index (χ4v) is 6.19. The lowest BCUT2D eigenvalue weighted by molar-refractivity contribution is 0.0353. The molecule has 0 amide bonds. The third-order valence-electron chi connectivity index (χ3n) is 5.64. The van der Waals surface area contributed by atoms with E-state index < -0.39 is 9.84 Å². The normalized spacial score (nSPS) is 30.8. The average molecular weight is 353 g/mol. The standard InChI is InChI=1S/C16H27N5O2S/c1-12(2)21-11-17-18-16(21)8-20-6-5-19(7-13-3-4-13)14-9-24(22,23)10-15(14)20/h11-15H,3-10H2,1-2H3. The third kappa shape index (κ3) is 3.23. The van der Waals surface area contributed by atoms with Crippen molar-refractivity contribution in [3.8, 4) is 0 Å². The molecule has 0 spiro atoms. The topological polar surface area (TPSA) is 71.3 Å². The van der Waals surface area contributed by atoms with Gasteiger partial charge in [0.1, 0.15) is 12.2 Å². The number of hydrogen-bond acceptors (Lipinski definition) is 6. The van der Waals surface area contributed by atoms with E-state index >= 15 is 0 Å². The average Bonchev–Trinajstić information content (AvgIpc) is 3.07. The predicted molar refractivity (Wildman–Crippen MR) is 91.3 cm³/mol. The number of aromatic nitrogens is 3. The van der Waals surface area contributed by atoms with Crippen LogP contribution < -0.4 is 0 Å². The molecule has 0 bridgehead atoms. The zero-order valence-electron chi connectivity index (χ0n) is 14.5. The Morgan fingerprint density at radius 1 is 1.17 bits per heavy atom. The molecule has 134 valence electrons. The number of hydrogen-bond donors (Lipinski definition) is 0. The smallest absolute Gasteiger partial charge is 0.153 e. The van der Waals surface area contributed by atoms with Crippen LogP contribution in [-0.4, -0.2) is 76.2 Å². The minimum atomic E-state index is -2.94. The van der Waals surface area contributed by atoms with Gasteiger partial charge in [-0.3, -0.25) is 9.80 Å². The van der Waals surface area contributed by atoms with Crippen LogP contribution in [0, 0.1) is 5.92 Å².